The van der Waals surface area contributed by atoms with Gasteiger partial charge in [-0.3, -0.25) is 9.59 Å². The van der Waals surface area contributed by atoms with Crippen molar-refractivity contribution in [1.29, 1.82) is 0 Å². The molecule has 0 spiro atoms. The number of hydrogen-bond donors (Lipinski definition) is 1. The van der Waals surface area contributed by atoms with Crippen molar-refractivity contribution in [3.8, 4) is 0 Å². The molecule has 0 bridgehead atoms. The highest BCUT2D eigenvalue weighted by molar-refractivity contribution is 6.50. The first kappa shape index (κ1) is 23.4. The van der Waals surface area contributed by atoms with Crippen molar-refractivity contribution < 1.29 is 14.7 Å². The molecule has 0 radical (unpaired) electrons. The number of allylic oxidation sites excluding steroid dienone is 6. The van der Waals surface area contributed by atoms with Crippen LogP contribution in [0.25, 0.3) is 0 Å². The molecular formula is C26H38O3. The number of hydrogen-bond acceptors (Lipinski definition) is 3. The highest BCUT2D eigenvalue weighted by atomic mass is 16.3. The Kier molecular flexibility index (Phi) is 8.67. The van der Waals surface area contributed by atoms with Crippen molar-refractivity contribution in [3.63, 3.8) is 0 Å². The van der Waals surface area contributed by atoms with Gasteiger partial charge in [-0.05, 0) is 58.3 Å². The molecule has 160 valence electrons. The molecule has 3 heteroatoms. The molecule has 0 fully saturated rings. The molecule has 0 aliphatic heterocycles. The minimum absolute atomic E-state index is 0.0828. The van der Waals surface area contributed by atoms with E-state index in [2.05, 4.69) is 33.4 Å². The summed E-state index contributed by atoms with van der Waals surface area (Å²) >= 11 is 0. The van der Waals surface area contributed by atoms with Crippen molar-refractivity contribution in [1.82, 2.24) is 0 Å². The van der Waals surface area contributed by atoms with Gasteiger partial charge in [-0.15, -0.1) is 0 Å². The Morgan fingerprint density at radius 2 is 1.62 bits per heavy atom. The van der Waals surface area contributed by atoms with Gasteiger partial charge in [-0.25, -0.2) is 0 Å². The number of unbranched alkanes of at least 4 members (excludes halogenated alkanes) is 4. The van der Waals surface area contributed by atoms with Crippen LogP contribution in [0.5, 0.6) is 0 Å². The third kappa shape index (κ3) is 5.38. The van der Waals surface area contributed by atoms with Crippen LogP contribution in [0.2, 0.25) is 0 Å². The van der Waals surface area contributed by atoms with Crippen molar-refractivity contribution in [2.45, 2.75) is 91.9 Å². The summed E-state index contributed by atoms with van der Waals surface area (Å²) in [4.78, 5) is 26.3. The second-order valence-electron chi connectivity index (χ2n) is 8.82. The fraction of sp³-hybridized carbons (Fsp3) is 0.615. The Balaban J connectivity index is 2.53. The van der Waals surface area contributed by atoms with E-state index in [1.807, 2.05) is 6.92 Å². The van der Waals surface area contributed by atoms with Crippen LogP contribution in [0.15, 0.2) is 46.3 Å². The summed E-state index contributed by atoms with van der Waals surface area (Å²) in [6.07, 6.45) is 11.2. The molecule has 0 saturated heterocycles. The van der Waals surface area contributed by atoms with E-state index < -0.39 is 11.6 Å². The Morgan fingerprint density at radius 3 is 2.17 bits per heavy atom. The van der Waals surface area contributed by atoms with Gasteiger partial charge in [0.2, 0.25) is 11.6 Å². The summed E-state index contributed by atoms with van der Waals surface area (Å²) < 4.78 is 0. The second kappa shape index (κ2) is 10.8. The summed E-state index contributed by atoms with van der Waals surface area (Å²) in [6, 6.07) is 0. The van der Waals surface area contributed by atoms with Crippen molar-refractivity contribution in [3.05, 3.63) is 46.3 Å². The minimum Gasteiger partial charge on any atom is -0.507 e. The Labute approximate surface area is 176 Å². The molecule has 0 aromatic rings. The fourth-order valence-electron chi connectivity index (χ4n) is 4.66. The summed E-state index contributed by atoms with van der Waals surface area (Å²) in [7, 11) is 0. The van der Waals surface area contributed by atoms with Gasteiger partial charge in [0.15, 0.2) is 0 Å². The number of aliphatic hydroxyl groups excluding tert-OH is 1. The predicted molar refractivity (Wildman–Crippen MR) is 120 cm³/mol. The lowest BCUT2D eigenvalue weighted by molar-refractivity contribution is -0.133. The third-order valence-electron chi connectivity index (χ3n) is 6.40. The van der Waals surface area contributed by atoms with Crippen molar-refractivity contribution in [2.75, 3.05) is 0 Å². The number of carbonyl (C=O) groups is 2. The molecule has 2 aliphatic carbocycles. The van der Waals surface area contributed by atoms with Crippen LogP contribution in [0.1, 0.15) is 91.9 Å². The summed E-state index contributed by atoms with van der Waals surface area (Å²) in [5, 5.41) is 11.3. The Hall–Kier alpha value is -1.90. The Bertz CT molecular complexity index is 748. The summed E-state index contributed by atoms with van der Waals surface area (Å²) in [5.41, 5.74) is 3.81. The highest BCUT2D eigenvalue weighted by Gasteiger charge is 2.40. The summed E-state index contributed by atoms with van der Waals surface area (Å²) in [6.45, 7) is 12.4. The molecule has 0 saturated carbocycles. The molecule has 0 unspecified atom stereocenters. The van der Waals surface area contributed by atoms with Crippen LogP contribution in [-0.4, -0.2) is 16.7 Å². The maximum atomic E-state index is 13.2. The second-order valence-corrected chi connectivity index (χ2v) is 8.82. The molecule has 3 nitrogen and oxygen atoms in total. The zero-order valence-electron chi connectivity index (χ0n) is 18.8. The SMILES string of the molecule is C=C(C)[C@@H]1CCC(C)=C[C@H]1C1=C(O)C(CCCCC)=C(CCCCC)C(=O)C1=O. The third-order valence-corrected chi connectivity index (χ3v) is 6.40. The Morgan fingerprint density at radius 1 is 1.03 bits per heavy atom. The molecule has 0 aromatic heterocycles. The average molecular weight is 399 g/mol. The van der Waals surface area contributed by atoms with E-state index in [1.165, 1.54) is 5.57 Å². The number of aliphatic hydroxyl groups is 1. The van der Waals surface area contributed by atoms with E-state index in [9.17, 15) is 14.7 Å². The van der Waals surface area contributed by atoms with Gasteiger partial charge in [0, 0.05) is 17.1 Å². The van der Waals surface area contributed by atoms with Crippen molar-refractivity contribution >= 4 is 11.6 Å². The monoisotopic (exact) mass is 398 g/mol. The highest BCUT2D eigenvalue weighted by Crippen LogP contribution is 2.42. The lowest BCUT2D eigenvalue weighted by Gasteiger charge is -2.33. The van der Waals surface area contributed by atoms with E-state index >= 15 is 0 Å². The minimum atomic E-state index is -0.504. The zero-order valence-corrected chi connectivity index (χ0v) is 18.8. The van der Waals surface area contributed by atoms with Crippen LogP contribution < -0.4 is 0 Å². The fourth-order valence-corrected chi connectivity index (χ4v) is 4.66. The van der Waals surface area contributed by atoms with E-state index in [0.717, 1.165) is 62.5 Å². The first-order chi connectivity index (χ1) is 13.8. The van der Waals surface area contributed by atoms with Crippen LogP contribution in [0.4, 0.5) is 0 Å². The molecular weight excluding hydrogens is 360 g/mol. The standard InChI is InChI=1S/C26H38O3/c1-6-8-10-12-20-21(13-11-9-7-2)25(28)26(29)23(24(20)27)22-16-18(5)14-15-19(22)17(3)4/h16,19,22,27H,3,6-15H2,1-2,4-5H3/t19-,22+/m0/s1. The molecule has 2 atom stereocenters. The molecule has 2 rings (SSSR count). The van der Waals surface area contributed by atoms with Gasteiger partial charge in [-0.2, -0.15) is 0 Å². The molecule has 0 heterocycles. The van der Waals surface area contributed by atoms with Gasteiger partial charge in [-0.1, -0.05) is 63.3 Å². The molecule has 2 aliphatic rings. The molecule has 0 amide bonds. The van der Waals surface area contributed by atoms with Crippen LogP contribution in [0, 0.1) is 11.8 Å². The van der Waals surface area contributed by atoms with E-state index in [1.54, 1.807) is 0 Å². The van der Waals surface area contributed by atoms with Gasteiger partial charge >= 0.3 is 0 Å². The average Bonchev–Trinajstić information content (AvgIpc) is 2.68. The largest absolute Gasteiger partial charge is 0.507 e. The van der Waals surface area contributed by atoms with E-state index in [-0.39, 0.29) is 17.6 Å². The van der Waals surface area contributed by atoms with Crippen LogP contribution >= 0.6 is 0 Å². The number of ketones is 2. The van der Waals surface area contributed by atoms with E-state index in [0.29, 0.717) is 24.0 Å². The zero-order chi connectivity index (χ0) is 21.6. The molecule has 29 heavy (non-hydrogen) atoms. The van der Waals surface area contributed by atoms with Crippen LogP contribution in [0.3, 0.4) is 0 Å². The predicted octanol–water partition coefficient (Wildman–Crippen LogP) is 6.96. The van der Waals surface area contributed by atoms with Crippen LogP contribution in [-0.2, 0) is 9.59 Å². The molecule has 0 aromatic carbocycles. The van der Waals surface area contributed by atoms with Crippen molar-refractivity contribution in [2.24, 2.45) is 11.8 Å². The maximum absolute atomic E-state index is 13.2. The number of Topliss-reactive ketones (excluding diaryl/α,β-unsaturated/α-hetero) is 2. The molecule has 1 N–H and O–H groups in total. The number of carbonyl (C=O) groups excluding carboxylic acids is 2. The topological polar surface area (TPSA) is 54.4 Å². The first-order valence-electron chi connectivity index (χ1n) is 11.4. The van der Waals surface area contributed by atoms with Gasteiger partial charge in [0.25, 0.3) is 0 Å². The van der Waals surface area contributed by atoms with Gasteiger partial charge in [0.05, 0.1) is 5.57 Å². The smallest absolute Gasteiger partial charge is 0.233 e. The maximum Gasteiger partial charge on any atom is 0.233 e. The summed E-state index contributed by atoms with van der Waals surface area (Å²) in [5.74, 6) is -0.977. The number of rotatable bonds is 10. The van der Waals surface area contributed by atoms with Gasteiger partial charge in [0.1, 0.15) is 5.76 Å². The van der Waals surface area contributed by atoms with E-state index in [4.69, 9.17) is 0 Å². The van der Waals surface area contributed by atoms with Gasteiger partial charge < -0.3 is 5.11 Å². The lowest BCUT2D eigenvalue weighted by Crippen LogP contribution is -2.33. The first-order valence-corrected chi connectivity index (χ1v) is 11.4. The quantitative estimate of drug-likeness (QED) is 0.187. The normalized spacial score (nSPS) is 23.0. The lowest BCUT2D eigenvalue weighted by atomic mass is 9.69.